The molecule has 13 heavy (non-hydrogen) atoms. The molecule has 2 aliphatic carbocycles. The molecule has 2 rings (SSSR count). The Balaban J connectivity index is 1.81. The summed E-state index contributed by atoms with van der Waals surface area (Å²) in [5.74, 6) is 2.44. The molecule has 2 bridgehead atoms. The van der Waals surface area contributed by atoms with E-state index in [-0.39, 0.29) is 0 Å². The maximum Gasteiger partial charge on any atom is 0.341 e. The van der Waals surface area contributed by atoms with Gasteiger partial charge in [0.2, 0.25) is 0 Å². The van der Waals surface area contributed by atoms with E-state index in [4.69, 9.17) is 33.2 Å². The Kier molecular flexibility index (Phi) is 3.00. The molecule has 0 nitrogen and oxygen atoms in total. The van der Waals surface area contributed by atoms with Gasteiger partial charge < -0.3 is 0 Å². The Morgan fingerprint density at radius 1 is 1.15 bits per heavy atom. The fourth-order valence-corrected chi connectivity index (χ4v) is 4.26. The van der Waals surface area contributed by atoms with E-state index in [2.05, 4.69) is 12.2 Å². The van der Waals surface area contributed by atoms with E-state index in [0.29, 0.717) is 0 Å². The molecule has 0 aliphatic heterocycles. The Morgan fingerprint density at radius 2 is 1.92 bits per heavy atom. The van der Waals surface area contributed by atoms with Crippen LogP contribution in [0.1, 0.15) is 19.3 Å². The van der Waals surface area contributed by atoms with Gasteiger partial charge in [-0.1, -0.05) is 12.2 Å². The first-order chi connectivity index (χ1) is 6.04. The molecule has 74 valence electrons. The first-order valence-corrected chi connectivity index (χ1v) is 10.0. The van der Waals surface area contributed by atoms with E-state index in [1.165, 1.54) is 12.8 Å². The fraction of sp³-hybridized carbons (Fsp3) is 0.778. The fourth-order valence-electron chi connectivity index (χ4n) is 2.58. The highest BCUT2D eigenvalue weighted by Gasteiger charge is 2.37. The van der Waals surface area contributed by atoms with Gasteiger partial charge in [-0.15, -0.1) is 33.2 Å². The zero-order valence-electron chi connectivity index (χ0n) is 7.35. The molecular formula is C9H13Cl3Si. The lowest BCUT2D eigenvalue weighted by Gasteiger charge is -2.19. The van der Waals surface area contributed by atoms with Crippen molar-refractivity contribution >= 4 is 39.2 Å². The molecular weight excluding hydrogens is 243 g/mol. The van der Waals surface area contributed by atoms with Crippen LogP contribution in [0.3, 0.4) is 0 Å². The van der Waals surface area contributed by atoms with Crippen molar-refractivity contribution in [2.24, 2.45) is 17.8 Å². The highest BCUT2D eigenvalue weighted by molar-refractivity contribution is 7.64. The van der Waals surface area contributed by atoms with Crippen molar-refractivity contribution in [3.63, 3.8) is 0 Å². The van der Waals surface area contributed by atoms with E-state index < -0.39 is 6.00 Å². The lowest BCUT2D eigenvalue weighted by atomic mass is 9.91. The highest BCUT2D eigenvalue weighted by Crippen LogP contribution is 2.46. The Hall–Kier alpha value is 0.827. The standard InChI is InChI=1S/C9H13Cl3Si/c10-13(11,12)4-3-9-6-7-1-2-8(9)5-7/h1-2,7-9H,3-6H2/t7-,8+,9?/m1/s1. The number of hydrogen-bond acceptors (Lipinski definition) is 0. The van der Waals surface area contributed by atoms with Gasteiger partial charge in [-0.3, -0.25) is 0 Å². The van der Waals surface area contributed by atoms with Crippen molar-refractivity contribution in [3.05, 3.63) is 12.2 Å². The highest BCUT2D eigenvalue weighted by atomic mass is 35.8. The van der Waals surface area contributed by atoms with Gasteiger partial charge in [0.05, 0.1) is 0 Å². The third-order valence-corrected chi connectivity index (χ3v) is 5.77. The first-order valence-electron chi connectivity index (χ1n) is 4.80. The van der Waals surface area contributed by atoms with Crippen LogP contribution in [0.4, 0.5) is 0 Å². The molecule has 1 saturated carbocycles. The Morgan fingerprint density at radius 3 is 2.38 bits per heavy atom. The normalized spacial score (nSPS) is 37.3. The van der Waals surface area contributed by atoms with Crippen LogP contribution in [0.25, 0.3) is 0 Å². The second kappa shape index (κ2) is 3.77. The molecule has 1 fully saturated rings. The minimum Gasteiger partial charge on any atom is -0.126 e. The van der Waals surface area contributed by atoms with Crippen molar-refractivity contribution in [1.29, 1.82) is 0 Å². The van der Waals surface area contributed by atoms with E-state index >= 15 is 0 Å². The SMILES string of the molecule is Cl[Si](Cl)(Cl)CCC1C[C@@H]2C=C[C@H]1C2. The summed E-state index contributed by atoms with van der Waals surface area (Å²) in [6.07, 6.45) is 8.52. The van der Waals surface area contributed by atoms with Crippen molar-refractivity contribution in [1.82, 2.24) is 0 Å². The molecule has 0 aromatic carbocycles. The number of hydrogen-bond donors (Lipinski definition) is 0. The largest absolute Gasteiger partial charge is 0.341 e. The summed E-state index contributed by atoms with van der Waals surface area (Å²) < 4.78 is 0. The van der Waals surface area contributed by atoms with Gasteiger partial charge in [-0.25, -0.2) is 0 Å². The summed E-state index contributed by atoms with van der Waals surface area (Å²) in [6.45, 7) is 0. The Bertz CT molecular complexity index is 221. The summed E-state index contributed by atoms with van der Waals surface area (Å²) in [5, 5.41) is 0. The van der Waals surface area contributed by atoms with E-state index in [1.54, 1.807) is 0 Å². The van der Waals surface area contributed by atoms with Gasteiger partial charge in [0, 0.05) is 0 Å². The van der Waals surface area contributed by atoms with Crippen LogP contribution >= 0.6 is 33.2 Å². The van der Waals surface area contributed by atoms with Crippen LogP contribution in [0.2, 0.25) is 6.04 Å². The lowest BCUT2D eigenvalue weighted by Crippen LogP contribution is -2.14. The first kappa shape index (κ1) is 10.3. The zero-order valence-corrected chi connectivity index (χ0v) is 10.6. The van der Waals surface area contributed by atoms with Crippen molar-refractivity contribution in [3.8, 4) is 0 Å². The van der Waals surface area contributed by atoms with Gasteiger partial charge in [0.15, 0.2) is 0 Å². The molecule has 0 spiro atoms. The average Bonchev–Trinajstić information content (AvgIpc) is 2.58. The third-order valence-electron chi connectivity index (χ3n) is 3.21. The predicted octanol–water partition coefficient (Wildman–Crippen LogP) is 4.24. The van der Waals surface area contributed by atoms with Crippen molar-refractivity contribution < 1.29 is 0 Å². The second-order valence-electron chi connectivity index (χ2n) is 4.19. The predicted molar refractivity (Wildman–Crippen MR) is 61.6 cm³/mol. The monoisotopic (exact) mass is 254 g/mol. The average molecular weight is 256 g/mol. The van der Waals surface area contributed by atoms with Crippen LogP contribution in [-0.2, 0) is 0 Å². The molecule has 0 heterocycles. The molecule has 0 amide bonds. The molecule has 0 saturated heterocycles. The summed E-state index contributed by atoms with van der Waals surface area (Å²) >= 11 is 17.6. The lowest BCUT2D eigenvalue weighted by molar-refractivity contribution is 0.433. The maximum atomic E-state index is 5.87. The number of rotatable bonds is 3. The maximum absolute atomic E-state index is 5.87. The quantitative estimate of drug-likeness (QED) is 0.402. The summed E-state index contributed by atoms with van der Waals surface area (Å²) in [5.41, 5.74) is 0. The van der Waals surface area contributed by atoms with Crippen molar-refractivity contribution in [2.45, 2.75) is 25.3 Å². The van der Waals surface area contributed by atoms with Crippen molar-refractivity contribution in [2.75, 3.05) is 0 Å². The molecule has 0 aromatic rings. The minimum absolute atomic E-state index is 0.798. The van der Waals surface area contributed by atoms with Crippen LogP contribution in [-0.4, -0.2) is 6.00 Å². The molecule has 3 atom stereocenters. The smallest absolute Gasteiger partial charge is 0.126 e. The molecule has 1 unspecified atom stereocenters. The van der Waals surface area contributed by atoms with E-state index in [9.17, 15) is 0 Å². The molecule has 4 heteroatoms. The van der Waals surface area contributed by atoms with Crippen LogP contribution in [0.15, 0.2) is 12.2 Å². The third kappa shape index (κ3) is 2.65. The van der Waals surface area contributed by atoms with Crippen LogP contribution in [0, 0.1) is 17.8 Å². The molecule has 2 aliphatic rings. The summed E-state index contributed by atoms with van der Waals surface area (Å²) in [7, 11) is 0. The van der Waals surface area contributed by atoms with Gasteiger partial charge in [0.25, 0.3) is 0 Å². The van der Waals surface area contributed by atoms with E-state index in [1.807, 2.05) is 0 Å². The summed E-state index contributed by atoms with van der Waals surface area (Å²) in [6, 6.07) is -1.53. The van der Waals surface area contributed by atoms with Gasteiger partial charge in [-0.05, 0) is 43.1 Å². The van der Waals surface area contributed by atoms with Gasteiger partial charge in [0.1, 0.15) is 0 Å². The topological polar surface area (TPSA) is 0 Å². The van der Waals surface area contributed by atoms with Gasteiger partial charge in [-0.2, -0.15) is 0 Å². The zero-order chi connectivity index (χ0) is 9.47. The Labute approximate surface area is 94.4 Å². The number of halogens is 3. The summed E-state index contributed by atoms with van der Waals surface area (Å²) in [4.78, 5) is 0. The number of allylic oxidation sites excluding steroid dienone is 2. The van der Waals surface area contributed by atoms with Crippen LogP contribution < -0.4 is 0 Å². The van der Waals surface area contributed by atoms with Crippen LogP contribution in [0.5, 0.6) is 0 Å². The number of fused-ring (bicyclic) bond motifs is 2. The van der Waals surface area contributed by atoms with E-state index in [0.717, 1.165) is 30.2 Å². The molecule has 0 radical (unpaired) electrons. The second-order valence-corrected chi connectivity index (χ2v) is 13.5. The molecule has 0 N–H and O–H groups in total. The van der Waals surface area contributed by atoms with Gasteiger partial charge >= 0.3 is 6.00 Å². The molecule has 0 aromatic heterocycles. The minimum atomic E-state index is -2.36.